The molecule has 3 rings (SSSR count). The second kappa shape index (κ2) is 9.53. The summed E-state index contributed by atoms with van der Waals surface area (Å²) < 4.78 is 29.7. The normalized spacial score (nSPS) is 17.9. The van der Waals surface area contributed by atoms with E-state index in [9.17, 15) is 23.2 Å². The summed E-state index contributed by atoms with van der Waals surface area (Å²) in [6.45, 7) is 0. The van der Waals surface area contributed by atoms with E-state index < -0.39 is 22.7 Å². The van der Waals surface area contributed by atoms with Gasteiger partial charge in [-0.1, -0.05) is 11.8 Å². The summed E-state index contributed by atoms with van der Waals surface area (Å²) in [5.41, 5.74) is -3.03. The zero-order chi connectivity index (χ0) is 23.5. The maximum Gasteiger partial charge on any atom is 0.487 e. The van der Waals surface area contributed by atoms with Gasteiger partial charge in [0, 0.05) is 30.8 Å². The lowest BCUT2D eigenvalue weighted by molar-refractivity contribution is -0.128. The summed E-state index contributed by atoms with van der Waals surface area (Å²) in [7, 11) is 1.51. The van der Waals surface area contributed by atoms with E-state index in [2.05, 4.69) is 15.0 Å². The van der Waals surface area contributed by atoms with E-state index in [1.807, 2.05) is 0 Å². The molecule has 32 heavy (non-hydrogen) atoms. The van der Waals surface area contributed by atoms with Crippen molar-refractivity contribution < 1.29 is 33.0 Å². The van der Waals surface area contributed by atoms with Crippen molar-refractivity contribution in [2.24, 2.45) is 4.99 Å². The highest BCUT2D eigenvalue weighted by Gasteiger charge is 2.34. The van der Waals surface area contributed by atoms with Gasteiger partial charge >= 0.3 is 11.5 Å². The van der Waals surface area contributed by atoms with Crippen LogP contribution in [-0.2, 0) is 9.59 Å². The molecule has 2 aromatic carbocycles. The number of aromatic carboxylic acids is 1. The maximum absolute atomic E-state index is 12.7. The van der Waals surface area contributed by atoms with Crippen molar-refractivity contribution in [1.82, 2.24) is 4.90 Å². The third-order valence-electron chi connectivity index (χ3n) is 4.26. The molecule has 1 aliphatic heterocycles. The number of hydrogen-bond donors (Lipinski definition) is 2. The van der Waals surface area contributed by atoms with Crippen molar-refractivity contribution in [1.29, 1.82) is 0 Å². The number of ether oxygens (including phenoxy) is 1. The second-order valence-corrected chi connectivity index (χ2v) is 8.18. The number of benzene rings is 2. The number of halogens is 3. The fourth-order valence-electron chi connectivity index (χ4n) is 2.65. The number of carboxylic acids is 1. The van der Waals surface area contributed by atoms with E-state index in [1.54, 1.807) is 0 Å². The lowest BCUT2D eigenvalue weighted by atomic mass is 10.2. The highest BCUT2D eigenvalue weighted by molar-refractivity contribution is 8.15. The summed E-state index contributed by atoms with van der Waals surface area (Å²) in [4.78, 5) is 41.5. The first-order valence-corrected chi connectivity index (χ1v) is 10.3. The molecule has 1 fully saturated rings. The van der Waals surface area contributed by atoms with Crippen LogP contribution in [0.1, 0.15) is 16.8 Å². The molecule has 0 radical (unpaired) electrons. The van der Waals surface area contributed by atoms with E-state index in [1.165, 1.54) is 60.5 Å². The van der Waals surface area contributed by atoms with Gasteiger partial charge in [0.15, 0.2) is 5.17 Å². The number of aliphatic imine (C=N–C) groups is 1. The van der Waals surface area contributed by atoms with E-state index in [0.717, 1.165) is 11.8 Å². The molecule has 0 unspecified atom stereocenters. The molecule has 2 aromatic rings. The SMILES string of the molecule is CN1C(=O)C[C@H](C(=O)Nc2ccc(C(=O)O)cc2)SC1=Nc1ccc(OC(F)(F)Cl)cc1. The van der Waals surface area contributed by atoms with Crippen LogP contribution in [0.25, 0.3) is 0 Å². The average molecular weight is 484 g/mol. The molecule has 1 heterocycles. The number of nitrogens with one attached hydrogen (secondary N) is 1. The number of anilines is 1. The second-order valence-electron chi connectivity index (χ2n) is 6.57. The number of thioether (sulfide) groups is 1. The Balaban J connectivity index is 1.72. The predicted molar refractivity (Wildman–Crippen MR) is 116 cm³/mol. The standard InChI is InChI=1S/C20H16ClF2N3O5S/c1-26-16(27)10-15(17(28)24-12-4-2-11(3-5-12)18(29)30)32-19(26)25-13-6-8-14(9-7-13)31-20(21,22)23/h2-9,15H,10H2,1H3,(H,24,28)(H,29,30)/t15-/m1/s1. The fraction of sp³-hybridized carbons (Fsp3) is 0.200. The van der Waals surface area contributed by atoms with Crippen molar-refractivity contribution in [2.45, 2.75) is 17.2 Å². The Kier molecular flexibility index (Phi) is 6.99. The minimum absolute atomic E-state index is 0.0587. The lowest BCUT2D eigenvalue weighted by Gasteiger charge is -2.28. The van der Waals surface area contributed by atoms with Gasteiger partial charge in [-0.25, -0.2) is 9.79 Å². The predicted octanol–water partition coefficient (Wildman–Crippen LogP) is 4.14. The molecule has 2 N–H and O–H groups in total. The molecule has 168 valence electrons. The highest BCUT2D eigenvalue weighted by Crippen LogP contribution is 2.31. The monoisotopic (exact) mass is 483 g/mol. The Bertz CT molecular complexity index is 1060. The Hall–Kier alpha value is -3.18. The number of carboxylic acid groups (broad SMARTS) is 1. The molecular weight excluding hydrogens is 468 g/mol. The average Bonchev–Trinajstić information content (AvgIpc) is 2.72. The number of carbonyl (C=O) groups is 3. The van der Waals surface area contributed by atoms with E-state index >= 15 is 0 Å². The van der Waals surface area contributed by atoms with Crippen LogP contribution >= 0.6 is 23.4 Å². The Labute approximate surface area is 190 Å². The summed E-state index contributed by atoms with van der Waals surface area (Å²) >= 11 is 5.79. The van der Waals surface area contributed by atoms with Crippen molar-refractivity contribution in [3.8, 4) is 5.75 Å². The minimum Gasteiger partial charge on any atom is -0.478 e. The van der Waals surface area contributed by atoms with Gasteiger partial charge in [-0.15, -0.1) is 8.78 Å². The molecule has 0 bridgehead atoms. The molecule has 12 heteroatoms. The fourth-order valence-corrected chi connectivity index (χ4v) is 3.80. The van der Waals surface area contributed by atoms with Crippen LogP contribution in [0.2, 0.25) is 0 Å². The smallest absolute Gasteiger partial charge is 0.478 e. The Morgan fingerprint density at radius 3 is 2.41 bits per heavy atom. The molecule has 8 nitrogen and oxygen atoms in total. The maximum atomic E-state index is 12.7. The molecule has 1 atom stereocenters. The van der Waals surface area contributed by atoms with Gasteiger partial charge in [-0.2, -0.15) is 0 Å². The third kappa shape index (κ3) is 6.17. The van der Waals surface area contributed by atoms with Gasteiger partial charge in [-0.3, -0.25) is 14.5 Å². The van der Waals surface area contributed by atoms with Gasteiger partial charge in [0.1, 0.15) is 11.0 Å². The van der Waals surface area contributed by atoms with E-state index in [4.69, 9.17) is 16.7 Å². The van der Waals surface area contributed by atoms with Crippen LogP contribution in [0.3, 0.4) is 0 Å². The van der Waals surface area contributed by atoms with Gasteiger partial charge in [-0.05, 0) is 48.5 Å². The number of alkyl halides is 3. The molecule has 0 spiro atoms. The van der Waals surface area contributed by atoms with Crippen LogP contribution < -0.4 is 10.1 Å². The van der Waals surface area contributed by atoms with E-state index in [0.29, 0.717) is 11.4 Å². The van der Waals surface area contributed by atoms with Crippen LogP contribution in [0, 0.1) is 0 Å². The number of nitrogens with zero attached hydrogens (tertiary/aromatic N) is 2. The molecule has 0 aliphatic carbocycles. The minimum atomic E-state index is -3.84. The topological polar surface area (TPSA) is 108 Å². The van der Waals surface area contributed by atoms with Crippen molar-refractivity contribution in [3.63, 3.8) is 0 Å². The van der Waals surface area contributed by atoms with Gasteiger partial charge in [0.2, 0.25) is 11.8 Å². The van der Waals surface area contributed by atoms with Crippen LogP contribution in [-0.4, -0.2) is 50.8 Å². The first-order valence-electron chi connectivity index (χ1n) is 9.04. The largest absolute Gasteiger partial charge is 0.487 e. The van der Waals surface area contributed by atoms with Gasteiger partial charge in [0.25, 0.3) is 0 Å². The van der Waals surface area contributed by atoms with E-state index in [-0.39, 0.29) is 28.8 Å². The number of amides is 2. The molecule has 2 amide bonds. The molecule has 0 saturated carbocycles. The van der Waals surface area contributed by atoms with Crippen molar-refractivity contribution in [3.05, 3.63) is 54.1 Å². The van der Waals surface area contributed by atoms with Crippen LogP contribution in [0.4, 0.5) is 20.2 Å². The Morgan fingerprint density at radius 2 is 1.84 bits per heavy atom. The molecule has 1 saturated heterocycles. The highest BCUT2D eigenvalue weighted by atomic mass is 35.5. The lowest BCUT2D eigenvalue weighted by Crippen LogP contribution is -2.43. The number of rotatable bonds is 6. The number of carbonyl (C=O) groups excluding carboxylic acids is 2. The zero-order valence-electron chi connectivity index (χ0n) is 16.4. The molecule has 1 aliphatic rings. The van der Waals surface area contributed by atoms with Gasteiger partial charge in [0.05, 0.1) is 11.3 Å². The van der Waals surface area contributed by atoms with Crippen molar-refractivity contribution in [2.75, 3.05) is 12.4 Å². The summed E-state index contributed by atoms with van der Waals surface area (Å²) in [5, 5.41) is 11.1. The molecule has 0 aromatic heterocycles. The molecular formula is C20H16ClF2N3O5S. The number of hydrogen-bond acceptors (Lipinski definition) is 6. The van der Waals surface area contributed by atoms with Gasteiger partial charge < -0.3 is 15.2 Å². The quantitative estimate of drug-likeness (QED) is 0.598. The summed E-state index contributed by atoms with van der Waals surface area (Å²) in [6, 6.07) is 10.9. The summed E-state index contributed by atoms with van der Waals surface area (Å²) in [5.74, 6) is -2.03. The number of amidine groups is 1. The Morgan fingerprint density at radius 1 is 1.22 bits per heavy atom. The first-order chi connectivity index (χ1) is 15.0. The van der Waals surface area contributed by atoms with Crippen LogP contribution in [0.5, 0.6) is 5.75 Å². The zero-order valence-corrected chi connectivity index (χ0v) is 18.0. The summed E-state index contributed by atoms with van der Waals surface area (Å²) in [6.07, 6.45) is -0.0587. The first kappa shape index (κ1) is 23.5. The third-order valence-corrected chi connectivity index (χ3v) is 5.57. The van der Waals surface area contributed by atoms with Crippen LogP contribution in [0.15, 0.2) is 53.5 Å². The van der Waals surface area contributed by atoms with Crippen molar-refractivity contribution >= 4 is 57.7 Å².